The number of hydrogen-bond acceptors (Lipinski definition) is 5. The number of ether oxygens (including phenoxy) is 1. The fraction of sp³-hybridized carbons (Fsp3) is 0.609. The molecule has 2 saturated carbocycles. The van der Waals surface area contributed by atoms with E-state index in [4.69, 9.17) is 4.74 Å². The van der Waals surface area contributed by atoms with E-state index in [1.807, 2.05) is 24.0 Å². The molecular formula is C46H58N2O5. The molecule has 0 radical (unpaired) electrons. The number of Topliss-reactive ketones (excluding diaryl/α,β-unsaturated/α-hetero) is 1. The molecule has 7 heteroatoms. The van der Waals surface area contributed by atoms with Crippen LogP contribution in [0, 0.1) is 28.6 Å². The molecule has 0 spiro atoms. The highest BCUT2D eigenvalue weighted by Crippen LogP contribution is 2.71. The van der Waals surface area contributed by atoms with Crippen LogP contribution in [-0.4, -0.2) is 61.8 Å². The minimum absolute atomic E-state index is 0.0418. The normalized spacial score (nSPS) is 39.0. The van der Waals surface area contributed by atoms with Crippen molar-refractivity contribution in [3.63, 3.8) is 0 Å². The number of amides is 1. The Morgan fingerprint density at radius 2 is 1.74 bits per heavy atom. The van der Waals surface area contributed by atoms with Crippen molar-refractivity contribution < 1.29 is 24.5 Å². The molecule has 1 aromatic heterocycles. The van der Waals surface area contributed by atoms with Crippen molar-refractivity contribution >= 4 is 28.2 Å². The van der Waals surface area contributed by atoms with Crippen LogP contribution >= 0.6 is 0 Å². The van der Waals surface area contributed by atoms with E-state index < -0.39 is 34.9 Å². The molecule has 2 aromatic rings. The van der Waals surface area contributed by atoms with Crippen LogP contribution in [0.3, 0.4) is 0 Å². The van der Waals surface area contributed by atoms with Crippen molar-refractivity contribution in [2.24, 2.45) is 28.6 Å². The summed E-state index contributed by atoms with van der Waals surface area (Å²) >= 11 is 0. The molecule has 282 valence electrons. The van der Waals surface area contributed by atoms with Crippen molar-refractivity contribution in [2.45, 2.75) is 135 Å². The molecular weight excluding hydrogens is 661 g/mol. The molecule has 4 heterocycles. The van der Waals surface area contributed by atoms with E-state index in [2.05, 4.69) is 77.8 Å². The second-order valence-electron chi connectivity index (χ2n) is 19.6. The van der Waals surface area contributed by atoms with Gasteiger partial charge in [-0.15, -0.1) is 0 Å². The molecule has 0 bridgehead atoms. The first-order chi connectivity index (χ1) is 24.9. The van der Waals surface area contributed by atoms with E-state index in [0.717, 1.165) is 84.8 Å². The second kappa shape index (κ2) is 11.2. The number of likely N-dealkylation sites (tertiary alicyclic amines) is 1. The summed E-state index contributed by atoms with van der Waals surface area (Å²) < 4.78 is 8.92. The molecule has 9 rings (SSSR count). The third-order valence-electron chi connectivity index (χ3n) is 15.8. The minimum Gasteiger partial charge on any atom is -0.392 e. The zero-order valence-electron chi connectivity index (χ0n) is 33.0. The van der Waals surface area contributed by atoms with Crippen LogP contribution in [0.2, 0.25) is 0 Å². The van der Waals surface area contributed by atoms with Gasteiger partial charge < -0.3 is 24.4 Å². The number of ketones is 1. The lowest BCUT2D eigenvalue weighted by molar-refractivity contribution is -0.144. The molecule has 7 aliphatic rings. The Balaban J connectivity index is 1.20. The smallest absolute Gasteiger partial charge is 0.246 e. The fourth-order valence-electron chi connectivity index (χ4n) is 13.5. The quantitative estimate of drug-likeness (QED) is 0.189. The lowest BCUT2D eigenvalue weighted by Gasteiger charge is -2.64. The van der Waals surface area contributed by atoms with E-state index in [1.165, 1.54) is 11.3 Å². The van der Waals surface area contributed by atoms with Crippen LogP contribution in [0.4, 0.5) is 0 Å². The highest BCUT2D eigenvalue weighted by molar-refractivity contribution is 6.18. The monoisotopic (exact) mass is 718 g/mol. The molecule has 1 amide bonds. The first-order valence-corrected chi connectivity index (χ1v) is 20.3. The number of carbonyl (C=O) groups excluding carboxylic acids is 2. The highest BCUT2D eigenvalue weighted by atomic mass is 16.5. The van der Waals surface area contributed by atoms with Crippen molar-refractivity contribution in [1.29, 1.82) is 0 Å². The van der Waals surface area contributed by atoms with Gasteiger partial charge in [0.2, 0.25) is 5.91 Å². The number of fused-ring (bicyclic) bond motifs is 11. The van der Waals surface area contributed by atoms with Crippen LogP contribution in [0.15, 0.2) is 48.6 Å². The third-order valence-corrected chi connectivity index (χ3v) is 15.8. The van der Waals surface area contributed by atoms with Gasteiger partial charge in [-0.25, -0.2) is 0 Å². The zero-order chi connectivity index (χ0) is 37.8. The Morgan fingerprint density at radius 3 is 2.43 bits per heavy atom. The number of aromatic nitrogens is 1. The predicted octanol–water partition coefficient (Wildman–Crippen LogP) is 8.33. The second-order valence-corrected chi connectivity index (χ2v) is 19.6. The maximum absolute atomic E-state index is 14.9. The number of carbonyl (C=O) groups is 2. The van der Waals surface area contributed by atoms with Crippen LogP contribution in [-0.2, 0) is 21.4 Å². The van der Waals surface area contributed by atoms with E-state index in [1.54, 1.807) is 6.08 Å². The van der Waals surface area contributed by atoms with Crippen molar-refractivity contribution in [1.82, 2.24) is 9.47 Å². The predicted molar refractivity (Wildman–Crippen MR) is 209 cm³/mol. The first-order valence-electron chi connectivity index (χ1n) is 20.3. The largest absolute Gasteiger partial charge is 0.392 e. The molecule has 1 aromatic carbocycles. The van der Waals surface area contributed by atoms with Crippen LogP contribution in [0.1, 0.15) is 139 Å². The van der Waals surface area contributed by atoms with Crippen molar-refractivity contribution in [3.05, 3.63) is 76.5 Å². The fourth-order valence-corrected chi connectivity index (χ4v) is 13.5. The summed E-state index contributed by atoms with van der Waals surface area (Å²) in [5.74, 6) is 0.436. The van der Waals surface area contributed by atoms with E-state index >= 15 is 0 Å². The van der Waals surface area contributed by atoms with Gasteiger partial charge in [-0.2, -0.15) is 0 Å². The molecule has 3 aliphatic heterocycles. The van der Waals surface area contributed by atoms with Crippen LogP contribution in [0.5, 0.6) is 0 Å². The molecule has 2 unspecified atom stereocenters. The number of rotatable bonds is 4. The number of aliphatic hydroxyl groups excluding tert-OH is 2. The number of benzene rings is 1. The Kier molecular flexibility index (Phi) is 7.47. The Labute approximate surface area is 314 Å². The van der Waals surface area contributed by atoms with Gasteiger partial charge in [0.25, 0.3) is 0 Å². The lowest BCUT2D eigenvalue weighted by atomic mass is 9.40. The standard InChI is InChI=1S/C46H58N2O5/c1-25(2)37-40(52)35-34-27(30-24-42(3,4)53-43(5,6)36(30)39(34)51)23-28-29-22-26-15-16-31-44(7,18-11-10-14-33(50)47-20-12-13-21-47)32(49)17-19-45(31,8)46(26,9)41(29)48(37)38(28)35/h10-11,14,18,23-24,26,31-32,36-37,39,49,51H,1,12-13,15-17,19-22H2,2-9H3/b14-10+,18-11+/t26?,31-,32-,36?,37-,39+,44-,45-,46+/m0/s1. The number of nitrogens with zero attached hydrogens (tertiary/aromatic N) is 2. The van der Waals surface area contributed by atoms with E-state index in [-0.39, 0.29) is 34.4 Å². The number of aliphatic hydroxyl groups is 2. The maximum atomic E-state index is 14.9. The topological polar surface area (TPSA) is 92.0 Å². The van der Waals surface area contributed by atoms with Gasteiger partial charge >= 0.3 is 0 Å². The third kappa shape index (κ3) is 4.45. The average Bonchev–Trinajstić information content (AvgIpc) is 3.88. The van der Waals surface area contributed by atoms with Crippen molar-refractivity contribution in [3.8, 4) is 0 Å². The average molecular weight is 719 g/mol. The van der Waals surface area contributed by atoms with Gasteiger partial charge in [0.1, 0.15) is 6.04 Å². The van der Waals surface area contributed by atoms with Crippen LogP contribution < -0.4 is 0 Å². The summed E-state index contributed by atoms with van der Waals surface area (Å²) in [6.45, 7) is 23.5. The van der Waals surface area contributed by atoms with Gasteiger partial charge in [-0.05, 0) is 126 Å². The first kappa shape index (κ1) is 35.4. The Morgan fingerprint density at radius 1 is 1.02 bits per heavy atom. The van der Waals surface area contributed by atoms with E-state index in [9.17, 15) is 19.8 Å². The molecule has 4 aliphatic carbocycles. The molecule has 3 fully saturated rings. The number of allylic oxidation sites excluding steroid dienone is 3. The maximum Gasteiger partial charge on any atom is 0.246 e. The van der Waals surface area contributed by atoms with Gasteiger partial charge in [0.15, 0.2) is 5.78 Å². The van der Waals surface area contributed by atoms with Crippen molar-refractivity contribution in [2.75, 3.05) is 13.1 Å². The lowest BCUT2D eigenvalue weighted by Crippen LogP contribution is -2.62. The van der Waals surface area contributed by atoms with E-state index in [0.29, 0.717) is 17.9 Å². The Bertz CT molecular complexity index is 2090. The van der Waals surface area contributed by atoms with Gasteiger partial charge in [-0.3, -0.25) is 9.59 Å². The molecule has 2 N–H and O–H groups in total. The summed E-state index contributed by atoms with van der Waals surface area (Å²) in [7, 11) is 0. The van der Waals surface area contributed by atoms with Gasteiger partial charge in [0.05, 0.1) is 34.5 Å². The van der Waals surface area contributed by atoms with Gasteiger partial charge in [-0.1, -0.05) is 51.2 Å². The zero-order valence-corrected chi connectivity index (χ0v) is 33.0. The molecule has 7 nitrogen and oxygen atoms in total. The molecule has 53 heavy (non-hydrogen) atoms. The SMILES string of the molecule is C=C(C)[C@H]1C(=O)c2c3c(cc4c5c(n1c24)[C@@]1(C)C(CC[C@H]2[C@](C)(/C=C/C=C/C(=O)N4CCCC4)[C@@H](O)CC[C@@]21C)C5)C1=CC(C)(C)OC(C)(C)C1[C@@H]3O. The van der Waals surface area contributed by atoms with Crippen LogP contribution in [0.25, 0.3) is 16.5 Å². The summed E-state index contributed by atoms with van der Waals surface area (Å²) in [5, 5.41) is 25.1. The van der Waals surface area contributed by atoms with Gasteiger partial charge in [0, 0.05) is 52.6 Å². The summed E-state index contributed by atoms with van der Waals surface area (Å²) in [5.41, 5.74) is 5.92. The molecule has 9 atom stereocenters. The summed E-state index contributed by atoms with van der Waals surface area (Å²) in [4.78, 5) is 29.6. The molecule has 1 saturated heterocycles. The summed E-state index contributed by atoms with van der Waals surface area (Å²) in [6.07, 6.45) is 15.3. The minimum atomic E-state index is -0.848. The summed E-state index contributed by atoms with van der Waals surface area (Å²) in [6, 6.07) is 1.79. The highest BCUT2D eigenvalue weighted by Gasteiger charge is 2.67. The Hall–Kier alpha value is -3.26. The number of hydrogen-bond donors (Lipinski definition) is 2.